The third-order valence-corrected chi connectivity index (χ3v) is 6.09. The number of alkyl halides is 3. The van der Waals surface area contributed by atoms with Gasteiger partial charge in [0.05, 0.1) is 28.4 Å². The number of amides is 1. The van der Waals surface area contributed by atoms with Gasteiger partial charge in [-0.15, -0.1) is 0 Å². The van der Waals surface area contributed by atoms with Crippen molar-refractivity contribution in [3.8, 4) is 22.9 Å². The van der Waals surface area contributed by atoms with Crippen LogP contribution in [0.25, 0.3) is 11.1 Å². The van der Waals surface area contributed by atoms with E-state index < -0.39 is 34.6 Å². The van der Waals surface area contributed by atoms with Crippen molar-refractivity contribution in [2.24, 2.45) is 5.90 Å². The highest BCUT2D eigenvalue weighted by Gasteiger charge is 2.39. The second-order valence-corrected chi connectivity index (χ2v) is 8.76. The zero-order chi connectivity index (χ0) is 27.5. The number of halogens is 4. The minimum Gasteiger partial charge on any atom is -0.412 e. The Bertz CT molecular complexity index is 1370. The topological polar surface area (TPSA) is 82.6 Å². The maximum absolute atomic E-state index is 15.3. The summed E-state index contributed by atoms with van der Waals surface area (Å²) in [6.07, 6.45) is -4.79. The molecule has 0 radical (unpaired) electrons. The molecule has 3 rings (SSSR count). The summed E-state index contributed by atoms with van der Waals surface area (Å²) in [6.45, 7) is 2.95. The molecule has 1 amide bonds. The van der Waals surface area contributed by atoms with E-state index >= 15 is 4.39 Å². The van der Waals surface area contributed by atoms with Crippen LogP contribution in [-0.2, 0) is 11.0 Å². The van der Waals surface area contributed by atoms with E-state index in [1.165, 1.54) is 50.1 Å². The van der Waals surface area contributed by atoms with Crippen molar-refractivity contribution in [1.29, 1.82) is 5.26 Å². The molecule has 0 fully saturated rings. The number of benzene rings is 3. The molecule has 0 spiro atoms. The minimum atomic E-state index is -4.79. The maximum atomic E-state index is 15.3. The van der Waals surface area contributed by atoms with Gasteiger partial charge < -0.3 is 14.6 Å². The SMILES string of the molecule is CN(C(=O)C(C)(C)N(C=S)c1ccc(-c2ccc(ON)cc2)cc1F)c1ccc(C#N)c(C(F)(F)F)c1. The lowest BCUT2D eigenvalue weighted by Gasteiger charge is -2.38. The first-order valence-electron chi connectivity index (χ1n) is 10.8. The van der Waals surface area contributed by atoms with Crippen LogP contribution in [-0.4, -0.2) is 24.0 Å². The predicted octanol–water partition coefficient (Wildman–Crippen LogP) is 5.84. The number of likely N-dealkylation sites (N-methyl/N-ethyl adjacent to an activating group) is 1. The molecule has 11 heteroatoms. The summed E-state index contributed by atoms with van der Waals surface area (Å²) in [4.78, 5) is 20.3. The molecule has 0 bridgehead atoms. The first-order chi connectivity index (χ1) is 17.3. The van der Waals surface area contributed by atoms with Crippen molar-refractivity contribution in [2.75, 3.05) is 16.8 Å². The van der Waals surface area contributed by atoms with E-state index in [1.807, 2.05) is 0 Å². The molecule has 0 aliphatic heterocycles. The summed E-state index contributed by atoms with van der Waals surface area (Å²) in [6, 6.07) is 15.5. The van der Waals surface area contributed by atoms with Gasteiger partial charge in [-0.3, -0.25) is 4.79 Å². The van der Waals surface area contributed by atoms with Crippen molar-refractivity contribution in [3.63, 3.8) is 0 Å². The number of carbonyl (C=O) groups excluding carboxylic acids is 1. The van der Waals surface area contributed by atoms with Crippen molar-refractivity contribution in [2.45, 2.75) is 25.6 Å². The third kappa shape index (κ3) is 5.55. The van der Waals surface area contributed by atoms with Crippen molar-refractivity contribution in [1.82, 2.24) is 0 Å². The van der Waals surface area contributed by atoms with Gasteiger partial charge in [-0.2, -0.15) is 24.3 Å². The summed E-state index contributed by atoms with van der Waals surface area (Å²) in [5.41, 5.74) is -0.960. The number of rotatable bonds is 7. The van der Waals surface area contributed by atoms with Crippen LogP contribution in [0.5, 0.6) is 5.75 Å². The van der Waals surface area contributed by atoms with Crippen LogP contribution in [0.15, 0.2) is 60.7 Å². The Morgan fingerprint density at radius 3 is 2.19 bits per heavy atom. The first kappa shape index (κ1) is 27.6. The molecule has 0 unspecified atom stereocenters. The fourth-order valence-corrected chi connectivity index (χ4v) is 4.18. The van der Waals surface area contributed by atoms with E-state index in [9.17, 15) is 18.0 Å². The second-order valence-electron chi connectivity index (χ2n) is 8.55. The highest BCUT2D eigenvalue weighted by molar-refractivity contribution is 7.79. The number of nitriles is 1. The van der Waals surface area contributed by atoms with Crippen molar-refractivity contribution < 1.29 is 27.2 Å². The molecule has 3 aromatic carbocycles. The predicted molar refractivity (Wildman–Crippen MR) is 136 cm³/mol. The fraction of sp³-hybridized carbons (Fsp3) is 0.192. The van der Waals surface area contributed by atoms with E-state index in [-0.39, 0.29) is 11.4 Å². The lowest BCUT2D eigenvalue weighted by molar-refractivity contribution is -0.137. The molecule has 37 heavy (non-hydrogen) atoms. The van der Waals surface area contributed by atoms with Crippen LogP contribution in [0, 0.1) is 17.1 Å². The lowest BCUT2D eigenvalue weighted by atomic mass is 9.98. The molecular weight excluding hydrogens is 508 g/mol. The molecule has 0 aliphatic rings. The van der Waals surface area contributed by atoms with Crippen LogP contribution in [0.2, 0.25) is 0 Å². The summed E-state index contributed by atoms with van der Waals surface area (Å²) in [5.74, 6) is 4.23. The van der Waals surface area contributed by atoms with E-state index in [0.29, 0.717) is 16.9 Å². The Hall–Kier alpha value is -4.01. The zero-order valence-electron chi connectivity index (χ0n) is 20.0. The normalized spacial score (nSPS) is 11.4. The molecule has 0 saturated carbocycles. The van der Waals surface area contributed by atoms with Crippen LogP contribution < -0.4 is 20.5 Å². The number of nitrogens with zero attached hydrogens (tertiary/aromatic N) is 3. The Labute approximate surface area is 216 Å². The van der Waals surface area contributed by atoms with Gasteiger partial charge in [0, 0.05) is 12.7 Å². The molecule has 3 aromatic rings. The van der Waals surface area contributed by atoms with E-state index in [2.05, 4.69) is 4.84 Å². The van der Waals surface area contributed by atoms with Gasteiger partial charge in [-0.1, -0.05) is 30.4 Å². The van der Waals surface area contributed by atoms with Gasteiger partial charge in [-0.05, 0) is 67.4 Å². The molecular formula is C26H22F4N4O2S. The molecule has 0 aromatic heterocycles. The van der Waals surface area contributed by atoms with Crippen LogP contribution in [0.4, 0.5) is 28.9 Å². The average molecular weight is 531 g/mol. The quantitative estimate of drug-likeness (QED) is 0.235. The second kappa shape index (κ2) is 10.5. The molecule has 6 nitrogen and oxygen atoms in total. The number of hydrogen-bond donors (Lipinski definition) is 1. The van der Waals surface area contributed by atoms with Gasteiger partial charge in [0.15, 0.2) is 0 Å². The average Bonchev–Trinajstić information content (AvgIpc) is 2.88. The van der Waals surface area contributed by atoms with E-state index in [1.54, 1.807) is 30.3 Å². The summed E-state index contributed by atoms with van der Waals surface area (Å²) in [5, 5.41) is 9.02. The minimum absolute atomic E-state index is 0.00298. The Morgan fingerprint density at radius 2 is 1.68 bits per heavy atom. The number of nitrogens with two attached hydrogens (primary N) is 1. The Balaban J connectivity index is 1.94. The highest BCUT2D eigenvalue weighted by atomic mass is 32.1. The van der Waals surface area contributed by atoms with Gasteiger partial charge in [-0.25, -0.2) is 4.39 Å². The molecule has 192 valence electrons. The van der Waals surface area contributed by atoms with E-state index in [4.69, 9.17) is 23.4 Å². The van der Waals surface area contributed by atoms with Gasteiger partial charge in [0.1, 0.15) is 17.1 Å². The van der Waals surface area contributed by atoms with E-state index in [0.717, 1.165) is 22.5 Å². The van der Waals surface area contributed by atoms with Gasteiger partial charge >= 0.3 is 6.18 Å². The number of carbonyl (C=O) groups is 1. The van der Waals surface area contributed by atoms with Gasteiger partial charge in [0.25, 0.3) is 5.91 Å². The van der Waals surface area contributed by atoms with Crippen LogP contribution in [0.3, 0.4) is 0 Å². The molecule has 2 N–H and O–H groups in total. The largest absolute Gasteiger partial charge is 0.417 e. The zero-order valence-corrected chi connectivity index (χ0v) is 20.8. The van der Waals surface area contributed by atoms with Crippen LogP contribution >= 0.6 is 12.2 Å². The van der Waals surface area contributed by atoms with Crippen LogP contribution in [0.1, 0.15) is 25.0 Å². The summed E-state index contributed by atoms with van der Waals surface area (Å²) in [7, 11) is 1.29. The first-order valence-corrected chi connectivity index (χ1v) is 11.2. The summed E-state index contributed by atoms with van der Waals surface area (Å²) < 4.78 is 55.5. The highest BCUT2D eigenvalue weighted by Crippen LogP contribution is 2.36. The molecule has 0 aliphatic carbocycles. The van der Waals surface area contributed by atoms with Gasteiger partial charge in [0.2, 0.25) is 0 Å². The Kier molecular flexibility index (Phi) is 7.86. The number of thiocarbonyl (C=S) groups is 1. The standard InChI is InChI=1S/C26H22F4N4O2S/c1-25(2,24(35)33(3)19-8-4-18(14-31)21(13-19)26(28,29)30)34(15-37)23-11-7-17(12-22(23)27)16-5-9-20(36-32)10-6-16/h4-13,15H,32H2,1-3H3. The maximum Gasteiger partial charge on any atom is 0.417 e. The number of hydrogen-bond acceptors (Lipinski definition) is 5. The molecule has 0 atom stereocenters. The number of anilines is 2. The van der Waals surface area contributed by atoms with Crippen molar-refractivity contribution >= 4 is 35.0 Å². The Morgan fingerprint density at radius 1 is 1.05 bits per heavy atom. The third-order valence-electron chi connectivity index (χ3n) is 5.88. The summed E-state index contributed by atoms with van der Waals surface area (Å²) >= 11 is 5.10. The van der Waals surface area contributed by atoms with Crippen molar-refractivity contribution in [3.05, 3.63) is 77.6 Å². The molecule has 0 saturated heterocycles. The lowest BCUT2D eigenvalue weighted by Crippen LogP contribution is -2.55. The smallest absolute Gasteiger partial charge is 0.412 e. The fourth-order valence-electron chi connectivity index (χ4n) is 3.80. The monoisotopic (exact) mass is 530 g/mol. The molecule has 0 heterocycles.